The minimum atomic E-state index is -0.372. The highest BCUT2D eigenvalue weighted by Crippen LogP contribution is 2.42. The highest BCUT2D eigenvalue weighted by atomic mass is 16.1. The van der Waals surface area contributed by atoms with Gasteiger partial charge in [-0.2, -0.15) is 0 Å². The molecule has 7 heteroatoms. The number of hydrogen-bond acceptors (Lipinski definition) is 5. The van der Waals surface area contributed by atoms with Crippen molar-refractivity contribution in [2.75, 3.05) is 4.90 Å². The van der Waals surface area contributed by atoms with Crippen LogP contribution in [0.4, 0.5) is 5.69 Å². The Hall–Kier alpha value is -3.48. The van der Waals surface area contributed by atoms with E-state index < -0.39 is 0 Å². The van der Waals surface area contributed by atoms with Gasteiger partial charge in [0.15, 0.2) is 5.82 Å². The van der Waals surface area contributed by atoms with E-state index in [4.69, 9.17) is 0 Å². The Morgan fingerprint density at radius 1 is 1.09 bits per heavy atom. The van der Waals surface area contributed by atoms with Gasteiger partial charge in [-0.3, -0.25) is 4.79 Å². The van der Waals surface area contributed by atoms with E-state index in [0.29, 0.717) is 5.56 Å². The molecule has 7 nitrogen and oxygen atoms in total. The summed E-state index contributed by atoms with van der Waals surface area (Å²) in [5.41, 5.74) is 6.20. The fraction of sp³-hybridized carbons (Fsp3) is 0.407. The first-order chi connectivity index (χ1) is 16.5. The maximum Gasteiger partial charge on any atom is 0.254 e. The van der Waals surface area contributed by atoms with Crippen LogP contribution in [0.2, 0.25) is 0 Å². The molecule has 4 aromatic rings. The Kier molecular flexibility index (Phi) is 5.01. The third-order valence-corrected chi connectivity index (χ3v) is 7.59. The van der Waals surface area contributed by atoms with Crippen LogP contribution in [0.25, 0.3) is 10.9 Å². The normalized spacial score (nSPS) is 19.1. The van der Waals surface area contributed by atoms with E-state index in [9.17, 15) is 4.79 Å². The van der Waals surface area contributed by atoms with Crippen LogP contribution < -0.4 is 10.5 Å². The van der Waals surface area contributed by atoms with Crippen molar-refractivity contribution >= 4 is 16.6 Å². The van der Waals surface area contributed by atoms with Crippen molar-refractivity contribution in [3.05, 3.63) is 80.9 Å². The summed E-state index contributed by atoms with van der Waals surface area (Å²) in [5, 5.41) is 14.1. The molecule has 0 amide bonds. The van der Waals surface area contributed by atoms with Crippen molar-refractivity contribution in [3.8, 4) is 0 Å². The fourth-order valence-electron chi connectivity index (χ4n) is 6.09. The summed E-state index contributed by atoms with van der Waals surface area (Å²) >= 11 is 0. The molecule has 3 heterocycles. The summed E-state index contributed by atoms with van der Waals surface area (Å²) in [6, 6.07) is 14.9. The molecule has 2 atom stereocenters. The van der Waals surface area contributed by atoms with Gasteiger partial charge >= 0.3 is 0 Å². The second kappa shape index (κ2) is 8.08. The van der Waals surface area contributed by atoms with E-state index in [-0.39, 0.29) is 23.7 Å². The van der Waals surface area contributed by atoms with Crippen molar-refractivity contribution in [1.29, 1.82) is 0 Å². The second-order valence-corrected chi connectivity index (χ2v) is 10.0. The zero-order valence-electron chi connectivity index (χ0n) is 20.0. The van der Waals surface area contributed by atoms with Crippen LogP contribution in [0, 0.1) is 13.8 Å². The van der Waals surface area contributed by atoms with E-state index in [1.54, 1.807) is 0 Å². The van der Waals surface area contributed by atoms with Crippen molar-refractivity contribution in [3.63, 3.8) is 0 Å². The van der Waals surface area contributed by atoms with E-state index in [0.717, 1.165) is 47.2 Å². The second-order valence-electron chi connectivity index (χ2n) is 10.0. The Bertz CT molecular complexity index is 1430. The molecule has 2 aromatic carbocycles. The summed E-state index contributed by atoms with van der Waals surface area (Å²) in [7, 11) is 0. The molecule has 1 N–H and O–H groups in total. The van der Waals surface area contributed by atoms with Crippen molar-refractivity contribution in [1.82, 2.24) is 25.2 Å². The zero-order chi connectivity index (χ0) is 23.4. The third-order valence-electron chi connectivity index (χ3n) is 7.59. The first-order valence-electron chi connectivity index (χ1n) is 12.3. The summed E-state index contributed by atoms with van der Waals surface area (Å²) in [4.78, 5) is 19.2. The number of H-pyrrole nitrogens is 1. The van der Waals surface area contributed by atoms with E-state index in [1.165, 1.54) is 24.0 Å². The van der Waals surface area contributed by atoms with Gasteiger partial charge in [-0.25, -0.2) is 4.68 Å². The van der Waals surface area contributed by atoms with Gasteiger partial charge in [-0.15, -0.1) is 5.10 Å². The van der Waals surface area contributed by atoms with Crippen molar-refractivity contribution in [2.24, 2.45) is 0 Å². The first-order valence-corrected chi connectivity index (χ1v) is 12.3. The molecule has 6 rings (SSSR count). The molecule has 1 fully saturated rings. The lowest BCUT2D eigenvalue weighted by molar-refractivity contribution is 0.423. The van der Waals surface area contributed by atoms with Gasteiger partial charge in [-0.1, -0.05) is 42.7 Å². The van der Waals surface area contributed by atoms with E-state index >= 15 is 0 Å². The van der Waals surface area contributed by atoms with Crippen LogP contribution in [0.3, 0.4) is 0 Å². The molecule has 0 bridgehead atoms. The highest BCUT2D eigenvalue weighted by Gasteiger charge is 2.39. The van der Waals surface area contributed by atoms with E-state index in [1.807, 2.05) is 11.6 Å². The number of benzene rings is 2. The number of hydrogen-bond donors (Lipinski definition) is 1. The summed E-state index contributed by atoms with van der Waals surface area (Å²) < 4.78 is 2.00. The maximum absolute atomic E-state index is 13.7. The van der Waals surface area contributed by atoms with Crippen molar-refractivity contribution in [2.45, 2.75) is 71.0 Å². The van der Waals surface area contributed by atoms with Gasteiger partial charge < -0.3 is 9.88 Å². The van der Waals surface area contributed by atoms with Gasteiger partial charge in [0.2, 0.25) is 0 Å². The predicted molar refractivity (Wildman–Crippen MR) is 133 cm³/mol. The molecule has 0 saturated heterocycles. The van der Waals surface area contributed by atoms with Gasteiger partial charge in [0.25, 0.3) is 5.56 Å². The molecule has 2 aliphatic rings. The topological polar surface area (TPSA) is 79.7 Å². The first kappa shape index (κ1) is 21.1. The van der Waals surface area contributed by atoms with Gasteiger partial charge in [0.1, 0.15) is 6.04 Å². The number of rotatable bonds is 4. The number of aromatic nitrogens is 5. The molecular weight excluding hydrogens is 424 g/mol. The lowest BCUT2D eigenvalue weighted by Crippen LogP contribution is -2.39. The molecule has 174 valence electrons. The number of aryl methyl sites for hydroxylation is 2. The number of anilines is 1. The number of nitrogens with one attached hydrogen (secondary N) is 1. The number of nitrogens with zero attached hydrogens (tertiary/aromatic N) is 5. The fourth-order valence-corrected chi connectivity index (χ4v) is 6.09. The molecule has 1 saturated carbocycles. The molecule has 2 aromatic heterocycles. The minimum Gasteiger partial charge on any atom is -0.354 e. The van der Waals surface area contributed by atoms with Gasteiger partial charge in [-0.05, 0) is 85.2 Å². The lowest BCUT2D eigenvalue weighted by Gasteiger charge is -2.34. The standard InChI is InChI=1S/C27H30N6O/c1-16-12-17(2)24-20(13-16)15-22(27(34)28-24)25(26-29-30-31-33(26)21-9-5-6-10-21)32-18(3)14-19-8-4-7-11-23(19)32/h4,7-8,11-13,15,18,21,25H,5-6,9-10,14H2,1-3H3,(H,28,34)/t18-,25+/m1/s1. The maximum atomic E-state index is 13.7. The molecule has 1 aliphatic carbocycles. The molecule has 0 spiro atoms. The summed E-state index contributed by atoms with van der Waals surface area (Å²) in [6.45, 7) is 6.36. The van der Waals surface area contributed by atoms with Gasteiger partial charge in [0.05, 0.1) is 11.6 Å². The number of aromatic amines is 1. The predicted octanol–water partition coefficient (Wildman–Crippen LogP) is 4.79. The SMILES string of the molecule is Cc1cc(C)c2[nH]c(=O)c([C@@H](c3nnnn3C3CCCC3)N3c4ccccc4C[C@H]3C)cc2c1. The molecule has 34 heavy (non-hydrogen) atoms. The average molecular weight is 455 g/mol. The molecular formula is C27H30N6O. The minimum absolute atomic E-state index is 0.0815. The number of fused-ring (bicyclic) bond motifs is 2. The zero-order valence-corrected chi connectivity index (χ0v) is 20.0. The Labute approximate surface area is 198 Å². The third kappa shape index (κ3) is 3.33. The molecule has 0 unspecified atom stereocenters. The van der Waals surface area contributed by atoms with Crippen LogP contribution in [-0.4, -0.2) is 31.2 Å². The van der Waals surface area contributed by atoms with E-state index in [2.05, 4.69) is 81.7 Å². The summed E-state index contributed by atoms with van der Waals surface area (Å²) in [6.07, 6.45) is 5.45. The van der Waals surface area contributed by atoms with Crippen LogP contribution in [0.1, 0.15) is 72.8 Å². The molecule has 1 aliphatic heterocycles. The van der Waals surface area contributed by atoms with Crippen LogP contribution in [0.5, 0.6) is 0 Å². The average Bonchev–Trinajstić information content (AvgIpc) is 3.55. The van der Waals surface area contributed by atoms with Crippen LogP contribution >= 0.6 is 0 Å². The Morgan fingerprint density at radius 3 is 2.71 bits per heavy atom. The van der Waals surface area contributed by atoms with Crippen molar-refractivity contribution < 1.29 is 0 Å². The largest absolute Gasteiger partial charge is 0.354 e. The number of pyridine rings is 1. The quantitative estimate of drug-likeness (QED) is 0.480. The van der Waals surface area contributed by atoms with Crippen LogP contribution in [-0.2, 0) is 6.42 Å². The monoisotopic (exact) mass is 454 g/mol. The Balaban J connectivity index is 1.60. The molecule has 0 radical (unpaired) electrons. The Morgan fingerprint density at radius 2 is 1.88 bits per heavy atom. The smallest absolute Gasteiger partial charge is 0.254 e. The van der Waals surface area contributed by atoms with Crippen LogP contribution in [0.15, 0.2) is 47.3 Å². The van der Waals surface area contributed by atoms with Gasteiger partial charge in [0, 0.05) is 17.3 Å². The number of tetrazole rings is 1. The summed E-state index contributed by atoms with van der Waals surface area (Å²) in [5.74, 6) is 0.754. The lowest BCUT2D eigenvalue weighted by atomic mass is 9.99. The number of para-hydroxylation sites is 1. The highest BCUT2D eigenvalue weighted by molar-refractivity contribution is 5.83.